The molecule has 1 N–H and O–H groups in total. The number of esters is 1. The van der Waals surface area contributed by atoms with Crippen molar-refractivity contribution in [3.8, 4) is 0 Å². The first kappa shape index (κ1) is 16.0. The lowest BCUT2D eigenvalue weighted by molar-refractivity contribution is -0.143. The Morgan fingerprint density at radius 1 is 1.37 bits per heavy atom. The van der Waals surface area contributed by atoms with Crippen LogP contribution in [-0.4, -0.2) is 51.4 Å². The van der Waals surface area contributed by atoms with Gasteiger partial charge in [-0.2, -0.15) is 0 Å². The van der Waals surface area contributed by atoms with E-state index >= 15 is 0 Å². The van der Waals surface area contributed by atoms with Crippen LogP contribution in [0.4, 0.5) is 0 Å². The molecule has 0 aliphatic carbocycles. The van der Waals surface area contributed by atoms with Gasteiger partial charge in [-0.25, -0.2) is 4.79 Å². The molecule has 0 aliphatic heterocycles. The number of thioether (sulfide) groups is 1. The molecule has 1 atom stereocenters. The zero-order chi connectivity index (χ0) is 14.3. The van der Waals surface area contributed by atoms with Gasteiger partial charge in [0, 0.05) is 18.0 Å². The van der Waals surface area contributed by atoms with Crippen molar-refractivity contribution in [3.63, 3.8) is 0 Å². The minimum atomic E-state index is -0.402. The Morgan fingerprint density at radius 2 is 2.00 bits per heavy atom. The van der Waals surface area contributed by atoms with Gasteiger partial charge >= 0.3 is 5.97 Å². The van der Waals surface area contributed by atoms with E-state index in [1.165, 1.54) is 12.0 Å². The third kappa shape index (κ3) is 5.22. The molecule has 19 heavy (non-hydrogen) atoms. The van der Waals surface area contributed by atoms with Crippen LogP contribution in [0.3, 0.4) is 0 Å². The normalized spacial score (nSPS) is 12.5. The van der Waals surface area contributed by atoms with Crippen LogP contribution in [0.25, 0.3) is 0 Å². The summed E-state index contributed by atoms with van der Waals surface area (Å²) in [5.74, 6) is -0.254. The SMILES string of the molecule is COC(=O)C(NCCN(C)C)c1ccc(SC)cc1. The maximum absolute atomic E-state index is 11.8. The molecular formula is C14H22N2O2S. The Labute approximate surface area is 119 Å². The van der Waals surface area contributed by atoms with Crippen LogP contribution in [0.1, 0.15) is 11.6 Å². The summed E-state index contributed by atoms with van der Waals surface area (Å²) in [5.41, 5.74) is 0.934. The number of likely N-dealkylation sites (N-methyl/N-ethyl adjacent to an activating group) is 1. The number of carbonyl (C=O) groups is 1. The molecule has 1 aromatic rings. The maximum Gasteiger partial charge on any atom is 0.327 e. The second-order valence-electron chi connectivity index (χ2n) is 4.49. The van der Waals surface area contributed by atoms with Crippen molar-refractivity contribution in [3.05, 3.63) is 29.8 Å². The van der Waals surface area contributed by atoms with Crippen molar-refractivity contribution < 1.29 is 9.53 Å². The molecule has 4 nitrogen and oxygen atoms in total. The lowest BCUT2D eigenvalue weighted by atomic mass is 10.1. The van der Waals surface area contributed by atoms with E-state index in [-0.39, 0.29) is 5.97 Å². The largest absolute Gasteiger partial charge is 0.468 e. The number of nitrogens with one attached hydrogen (secondary N) is 1. The van der Waals surface area contributed by atoms with E-state index in [1.54, 1.807) is 11.8 Å². The Hall–Kier alpha value is -1.04. The van der Waals surface area contributed by atoms with Crippen LogP contribution >= 0.6 is 11.8 Å². The lowest BCUT2D eigenvalue weighted by Gasteiger charge is -2.18. The number of ether oxygens (including phenoxy) is 1. The molecule has 0 aliphatic rings. The molecule has 5 heteroatoms. The molecule has 1 rings (SSSR count). The van der Waals surface area contributed by atoms with Crippen molar-refractivity contribution in [1.29, 1.82) is 0 Å². The summed E-state index contributed by atoms with van der Waals surface area (Å²) < 4.78 is 4.86. The Kier molecular flexibility index (Phi) is 6.91. The molecule has 106 valence electrons. The topological polar surface area (TPSA) is 41.6 Å². The number of carbonyl (C=O) groups excluding carboxylic acids is 1. The molecule has 0 bridgehead atoms. The highest BCUT2D eigenvalue weighted by Crippen LogP contribution is 2.19. The third-order valence-corrected chi connectivity index (χ3v) is 3.54. The number of nitrogens with zero attached hydrogens (tertiary/aromatic N) is 1. The van der Waals surface area contributed by atoms with Crippen molar-refractivity contribution in [2.24, 2.45) is 0 Å². The molecule has 0 heterocycles. The summed E-state index contributed by atoms with van der Waals surface area (Å²) in [7, 11) is 5.42. The molecule has 0 saturated carbocycles. The predicted molar refractivity (Wildman–Crippen MR) is 79.5 cm³/mol. The van der Waals surface area contributed by atoms with Crippen molar-refractivity contribution in [2.45, 2.75) is 10.9 Å². The smallest absolute Gasteiger partial charge is 0.327 e. The molecular weight excluding hydrogens is 260 g/mol. The van der Waals surface area contributed by atoms with Gasteiger partial charge in [0.2, 0.25) is 0 Å². The van der Waals surface area contributed by atoms with Crippen molar-refractivity contribution in [2.75, 3.05) is 40.6 Å². The first-order chi connectivity index (χ1) is 9.08. The van der Waals surface area contributed by atoms with Crippen LogP contribution in [0, 0.1) is 0 Å². The highest BCUT2D eigenvalue weighted by molar-refractivity contribution is 7.98. The molecule has 0 fully saturated rings. The molecule has 0 aromatic heterocycles. The number of methoxy groups -OCH3 is 1. The summed E-state index contributed by atoms with van der Waals surface area (Å²) >= 11 is 1.68. The van der Waals surface area contributed by atoms with Crippen LogP contribution in [0.2, 0.25) is 0 Å². The van der Waals surface area contributed by atoms with Crippen molar-refractivity contribution in [1.82, 2.24) is 10.2 Å². The highest BCUT2D eigenvalue weighted by atomic mass is 32.2. The monoisotopic (exact) mass is 282 g/mol. The van der Waals surface area contributed by atoms with E-state index in [9.17, 15) is 4.79 Å². The molecule has 0 radical (unpaired) electrons. The van der Waals surface area contributed by atoms with Gasteiger partial charge in [-0.05, 0) is 38.0 Å². The van der Waals surface area contributed by atoms with E-state index < -0.39 is 6.04 Å². The van der Waals surface area contributed by atoms with Crippen LogP contribution in [0.15, 0.2) is 29.2 Å². The van der Waals surface area contributed by atoms with Crippen molar-refractivity contribution >= 4 is 17.7 Å². The van der Waals surface area contributed by atoms with E-state index in [2.05, 4.69) is 10.2 Å². The maximum atomic E-state index is 11.8. The Bertz CT molecular complexity index is 393. The second-order valence-corrected chi connectivity index (χ2v) is 5.37. The van der Waals surface area contributed by atoms with Gasteiger partial charge in [-0.1, -0.05) is 12.1 Å². The fourth-order valence-corrected chi connectivity index (χ4v) is 2.09. The first-order valence-electron chi connectivity index (χ1n) is 6.18. The minimum Gasteiger partial charge on any atom is -0.468 e. The van der Waals surface area contributed by atoms with Crippen LogP contribution < -0.4 is 5.32 Å². The zero-order valence-corrected chi connectivity index (χ0v) is 12.8. The zero-order valence-electron chi connectivity index (χ0n) is 12.0. The van der Waals surface area contributed by atoms with E-state index in [0.717, 1.165) is 18.7 Å². The Balaban J connectivity index is 2.74. The second kappa shape index (κ2) is 8.19. The number of hydrogen-bond donors (Lipinski definition) is 1. The summed E-state index contributed by atoms with van der Waals surface area (Å²) in [6, 6.07) is 7.57. The number of benzene rings is 1. The molecule has 1 unspecified atom stereocenters. The molecule has 1 aromatic carbocycles. The summed E-state index contributed by atoms with van der Waals surface area (Å²) in [4.78, 5) is 15.1. The average molecular weight is 282 g/mol. The molecule has 0 spiro atoms. The van der Waals surface area contributed by atoms with Gasteiger partial charge in [-0.15, -0.1) is 11.8 Å². The standard InChI is InChI=1S/C14H22N2O2S/c1-16(2)10-9-15-13(14(17)18-3)11-5-7-12(19-4)8-6-11/h5-8,13,15H,9-10H2,1-4H3. The Morgan fingerprint density at radius 3 is 2.47 bits per heavy atom. The minimum absolute atomic E-state index is 0.254. The van der Waals surface area contributed by atoms with Gasteiger partial charge in [0.25, 0.3) is 0 Å². The van der Waals surface area contributed by atoms with Gasteiger partial charge in [-0.3, -0.25) is 5.32 Å². The van der Waals surface area contributed by atoms with Gasteiger partial charge < -0.3 is 9.64 Å². The molecule has 0 amide bonds. The van der Waals surface area contributed by atoms with Gasteiger partial charge in [0.05, 0.1) is 7.11 Å². The van der Waals surface area contributed by atoms with Crippen LogP contribution in [-0.2, 0) is 9.53 Å². The third-order valence-electron chi connectivity index (χ3n) is 2.79. The fraction of sp³-hybridized carbons (Fsp3) is 0.500. The first-order valence-corrected chi connectivity index (χ1v) is 7.41. The number of hydrogen-bond acceptors (Lipinski definition) is 5. The molecule has 0 saturated heterocycles. The predicted octanol–water partition coefficient (Wildman–Crippen LogP) is 1.77. The van der Waals surface area contributed by atoms with Crippen LogP contribution in [0.5, 0.6) is 0 Å². The number of rotatable bonds is 7. The average Bonchev–Trinajstić information content (AvgIpc) is 2.43. The quantitative estimate of drug-likeness (QED) is 0.610. The van der Waals surface area contributed by atoms with Gasteiger partial charge in [0.15, 0.2) is 0 Å². The van der Waals surface area contributed by atoms with E-state index in [0.29, 0.717) is 0 Å². The summed E-state index contributed by atoms with van der Waals surface area (Å²) in [6.45, 7) is 1.60. The van der Waals surface area contributed by atoms with E-state index in [1.807, 2.05) is 44.6 Å². The summed E-state index contributed by atoms with van der Waals surface area (Å²) in [5, 5.41) is 3.23. The van der Waals surface area contributed by atoms with Gasteiger partial charge in [0.1, 0.15) is 6.04 Å². The lowest BCUT2D eigenvalue weighted by Crippen LogP contribution is -2.34. The highest BCUT2D eigenvalue weighted by Gasteiger charge is 2.20. The van der Waals surface area contributed by atoms with E-state index in [4.69, 9.17) is 4.74 Å². The summed E-state index contributed by atoms with van der Waals surface area (Å²) in [6.07, 6.45) is 2.03. The fourth-order valence-electron chi connectivity index (χ4n) is 1.68.